The third-order valence-electron chi connectivity index (χ3n) is 5.82. The summed E-state index contributed by atoms with van der Waals surface area (Å²) in [6.45, 7) is 1.56. The standard InChI is InChI=1S/C27H27N5O4/c1-17(29-23(33)16-18-11-13-19(36-3)14-12-18)26(34)31-25-27(35)32(2)22-10-5-4-8-20(22)24(30-25)21-9-6-7-15-28-21/h4-15,17,25H,16H2,1-3H3,(H,29,33)(H,31,34)/t17-,25+/m0/s1. The third kappa shape index (κ3) is 5.41. The van der Waals surface area contributed by atoms with Gasteiger partial charge in [0.15, 0.2) is 0 Å². The molecule has 0 radical (unpaired) electrons. The number of hydrogen-bond acceptors (Lipinski definition) is 6. The number of anilines is 1. The Morgan fingerprint density at radius 3 is 2.47 bits per heavy atom. The largest absolute Gasteiger partial charge is 0.497 e. The molecule has 9 heteroatoms. The summed E-state index contributed by atoms with van der Waals surface area (Å²) in [5.74, 6) is -0.562. The van der Waals surface area contributed by atoms with Gasteiger partial charge in [-0.25, -0.2) is 4.99 Å². The first kappa shape index (κ1) is 24.6. The number of nitrogens with zero attached hydrogens (tertiary/aromatic N) is 3. The van der Waals surface area contributed by atoms with Crippen molar-refractivity contribution in [1.29, 1.82) is 0 Å². The molecule has 2 aromatic carbocycles. The molecule has 184 valence electrons. The topological polar surface area (TPSA) is 113 Å². The molecule has 1 aliphatic heterocycles. The Morgan fingerprint density at radius 2 is 1.78 bits per heavy atom. The van der Waals surface area contributed by atoms with Crippen LogP contribution in [0.25, 0.3) is 0 Å². The van der Waals surface area contributed by atoms with Crippen LogP contribution in [0.4, 0.5) is 5.69 Å². The van der Waals surface area contributed by atoms with Gasteiger partial charge in [-0.3, -0.25) is 19.4 Å². The van der Waals surface area contributed by atoms with Crippen molar-refractivity contribution in [1.82, 2.24) is 15.6 Å². The SMILES string of the molecule is COc1ccc(CC(=O)N[C@@H](C)C(=O)N[C@H]2N=C(c3ccccn3)c3ccccc3N(C)C2=O)cc1. The van der Waals surface area contributed by atoms with E-state index in [2.05, 4.69) is 20.6 Å². The molecule has 2 heterocycles. The summed E-state index contributed by atoms with van der Waals surface area (Å²) >= 11 is 0. The van der Waals surface area contributed by atoms with Crippen LogP contribution in [-0.2, 0) is 20.8 Å². The molecule has 2 N–H and O–H groups in total. The van der Waals surface area contributed by atoms with Gasteiger partial charge in [-0.15, -0.1) is 0 Å². The zero-order chi connectivity index (χ0) is 25.7. The van der Waals surface area contributed by atoms with Gasteiger partial charge in [0.2, 0.25) is 18.0 Å². The number of methoxy groups -OCH3 is 1. The van der Waals surface area contributed by atoms with Crippen LogP contribution in [0.15, 0.2) is 77.9 Å². The van der Waals surface area contributed by atoms with E-state index in [1.807, 2.05) is 30.3 Å². The Hall–Kier alpha value is -4.53. The van der Waals surface area contributed by atoms with Crippen molar-refractivity contribution >= 4 is 29.1 Å². The van der Waals surface area contributed by atoms with Crippen molar-refractivity contribution in [2.75, 3.05) is 19.1 Å². The quantitative estimate of drug-likeness (QED) is 0.532. The Labute approximate surface area is 209 Å². The second-order valence-electron chi connectivity index (χ2n) is 8.33. The number of aliphatic imine (C=N–C) groups is 1. The maximum atomic E-state index is 13.2. The van der Waals surface area contributed by atoms with E-state index in [1.54, 1.807) is 63.7 Å². The lowest BCUT2D eigenvalue weighted by molar-refractivity contribution is -0.130. The lowest BCUT2D eigenvalue weighted by Gasteiger charge is -2.22. The molecule has 3 amide bonds. The molecule has 36 heavy (non-hydrogen) atoms. The molecular weight excluding hydrogens is 458 g/mol. The van der Waals surface area contributed by atoms with Crippen LogP contribution >= 0.6 is 0 Å². The summed E-state index contributed by atoms with van der Waals surface area (Å²) in [6, 6.07) is 19.0. The molecule has 0 unspecified atom stereocenters. The fourth-order valence-corrected chi connectivity index (χ4v) is 3.87. The first-order valence-electron chi connectivity index (χ1n) is 11.5. The maximum Gasteiger partial charge on any atom is 0.272 e. The molecule has 9 nitrogen and oxygen atoms in total. The van der Waals surface area contributed by atoms with E-state index in [0.717, 1.165) is 11.1 Å². The number of pyridine rings is 1. The number of carbonyl (C=O) groups excluding carboxylic acids is 3. The minimum Gasteiger partial charge on any atom is -0.497 e. The molecule has 2 atom stereocenters. The number of fused-ring (bicyclic) bond motifs is 1. The number of para-hydroxylation sites is 1. The highest BCUT2D eigenvalue weighted by molar-refractivity contribution is 6.19. The summed E-state index contributed by atoms with van der Waals surface area (Å²) in [5.41, 5.74) is 3.23. The van der Waals surface area contributed by atoms with Gasteiger partial charge in [-0.2, -0.15) is 0 Å². The molecule has 1 aliphatic rings. The van der Waals surface area contributed by atoms with E-state index in [4.69, 9.17) is 4.74 Å². The smallest absolute Gasteiger partial charge is 0.272 e. The zero-order valence-electron chi connectivity index (χ0n) is 20.3. The van der Waals surface area contributed by atoms with Crippen molar-refractivity contribution in [3.63, 3.8) is 0 Å². The molecule has 0 aliphatic carbocycles. The predicted molar refractivity (Wildman–Crippen MR) is 136 cm³/mol. The Bertz CT molecular complexity index is 1290. The van der Waals surface area contributed by atoms with E-state index in [1.165, 1.54) is 4.90 Å². The first-order chi connectivity index (χ1) is 17.4. The van der Waals surface area contributed by atoms with Crippen molar-refractivity contribution < 1.29 is 19.1 Å². The molecule has 0 saturated carbocycles. The van der Waals surface area contributed by atoms with Gasteiger partial charge in [-0.1, -0.05) is 36.4 Å². The number of nitrogens with one attached hydrogen (secondary N) is 2. The number of amides is 3. The number of hydrogen-bond donors (Lipinski definition) is 2. The van der Waals surface area contributed by atoms with Crippen LogP contribution in [0.3, 0.4) is 0 Å². The maximum absolute atomic E-state index is 13.2. The van der Waals surface area contributed by atoms with Crippen molar-refractivity contribution in [3.8, 4) is 5.75 Å². The Balaban J connectivity index is 1.51. The van der Waals surface area contributed by atoms with Gasteiger partial charge in [0.25, 0.3) is 5.91 Å². The van der Waals surface area contributed by atoms with E-state index in [-0.39, 0.29) is 12.3 Å². The minimum atomic E-state index is -1.19. The van der Waals surface area contributed by atoms with Crippen LogP contribution < -0.4 is 20.3 Å². The number of benzodiazepines with no additional fused rings is 1. The van der Waals surface area contributed by atoms with E-state index >= 15 is 0 Å². The monoisotopic (exact) mass is 485 g/mol. The van der Waals surface area contributed by atoms with Crippen LogP contribution in [0.5, 0.6) is 5.75 Å². The summed E-state index contributed by atoms with van der Waals surface area (Å²) in [4.78, 5) is 49.2. The number of ether oxygens (including phenoxy) is 1. The second kappa shape index (κ2) is 10.8. The molecule has 0 spiro atoms. The van der Waals surface area contributed by atoms with Gasteiger partial charge in [0.05, 0.1) is 30.6 Å². The van der Waals surface area contributed by atoms with Crippen molar-refractivity contribution in [2.24, 2.45) is 4.99 Å². The van der Waals surface area contributed by atoms with E-state index in [0.29, 0.717) is 22.8 Å². The molecule has 0 saturated heterocycles. The Morgan fingerprint density at radius 1 is 1.06 bits per heavy atom. The second-order valence-corrected chi connectivity index (χ2v) is 8.33. The summed E-state index contributed by atoms with van der Waals surface area (Å²) in [5, 5.41) is 5.36. The van der Waals surface area contributed by atoms with Crippen molar-refractivity contribution in [3.05, 3.63) is 89.7 Å². The first-order valence-corrected chi connectivity index (χ1v) is 11.5. The van der Waals surface area contributed by atoms with Gasteiger partial charge < -0.3 is 20.3 Å². The van der Waals surface area contributed by atoms with Gasteiger partial charge in [-0.05, 0) is 42.8 Å². The number of aromatic nitrogens is 1. The summed E-state index contributed by atoms with van der Waals surface area (Å²) in [6.07, 6.45) is 0.558. The third-order valence-corrected chi connectivity index (χ3v) is 5.82. The highest BCUT2D eigenvalue weighted by Crippen LogP contribution is 2.26. The highest BCUT2D eigenvalue weighted by atomic mass is 16.5. The molecular formula is C27H27N5O4. The van der Waals surface area contributed by atoms with E-state index in [9.17, 15) is 14.4 Å². The Kier molecular flexibility index (Phi) is 7.39. The normalized spacial score (nSPS) is 15.8. The van der Waals surface area contributed by atoms with Gasteiger partial charge in [0, 0.05) is 18.8 Å². The highest BCUT2D eigenvalue weighted by Gasteiger charge is 2.32. The predicted octanol–water partition coefficient (Wildman–Crippen LogP) is 2.09. The molecule has 4 rings (SSSR count). The van der Waals surface area contributed by atoms with Crippen LogP contribution in [0, 0.1) is 0 Å². The molecule has 1 aromatic heterocycles. The fraction of sp³-hybridized carbons (Fsp3) is 0.222. The number of benzene rings is 2. The molecule has 0 bridgehead atoms. The van der Waals surface area contributed by atoms with Crippen molar-refractivity contribution in [2.45, 2.75) is 25.6 Å². The van der Waals surface area contributed by atoms with Gasteiger partial charge in [0.1, 0.15) is 11.8 Å². The number of rotatable bonds is 7. The summed E-state index contributed by atoms with van der Waals surface area (Å²) in [7, 11) is 3.21. The van der Waals surface area contributed by atoms with E-state index < -0.39 is 24.0 Å². The van der Waals surface area contributed by atoms with Gasteiger partial charge >= 0.3 is 0 Å². The number of carbonyl (C=O) groups is 3. The lowest BCUT2D eigenvalue weighted by atomic mass is 10.0. The lowest BCUT2D eigenvalue weighted by Crippen LogP contribution is -2.52. The zero-order valence-corrected chi connectivity index (χ0v) is 20.3. The molecule has 0 fully saturated rings. The van der Waals surface area contributed by atoms with Crippen LogP contribution in [-0.4, -0.2) is 54.8 Å². The molecule has 3 aromatic rings. The average molecular weight is 486 g/mol. The van der Waals surface area contributed by atoms with Crippen LogP contribution in [0.2, 0.25) is 0 Å². The van der Waals surface area contributed by atoms with Crippen LogP contribution in [0.1, 0.15) is 23.7 Å². The average Bonchev–Trinajstić information content (AvgIpc) is 3.00. The summed E-state index contributed by atoms with van der Waals surface area (Å²) < 4.78 is 5.12. The number of likely N-dealkylation sites (N-methyl/N-ethyl adjacent to an activating group) is 1. The minimum absolute atomic E-state index is 0.101. The fourth-order valence-electron chi connectivity index (χ4n) is 3.87.